The first-order chi connectivity index (χ1) is 9.47. The minimum Gasteiger partial charge on any atom is -0.469 e. The molecule has 0 unspecified atom stereocenters. The Morgan fingerprint density at radius 2 is 2.10 bits per heavy atom. The lowest BCUT2D eigenvalue weighted by Crippen LogP contribution is -2.25. The topological polar surface area (TPSA) is 98.5 Å². The van der Waals surface area contributed by atoms with Crippen LogP contribution in [0.15, 0.2) is 18.2 Å². The van der Waals surface area contributed by atoms with E-state index in [0.717, 1.165) is 0 Å². The van der Waals surface area contributed by atoms with Crippen molar-refractivity contribution in [1.82, 2.24) is 5.32 Å². The number of hydrogen-bond donors (Lipinski definition) is 1. The molecule has 1 amide bonds. The van der Waals surface area contributed by atoms with Gasteiger partial charge < -0.3 is 10.1 Å². The molecule has 1 N–H and O–H groups in total. The van der Waals surface area contributed by atoms with E-state index >= 15 is 0 Å². The van der Waals surface area contributed by atoms with Crippen LogP contribution in [0.3, 0.4) is 0 Å². The zero-order valence-electron chi connectivity index (χ0n) is 11.3. The molecule has 0 atom stereocenters. The van der Waals surface area contributed by atoms with E-state index in [1.807, 2.05) is 0 Å². The Kier molecular flexibility index (Phi) is 5.64. The van der Waals surface area contributed by atoms with Crippen LogP contribution in [0.2, 0.25) is 0 Å². The Balaban J connectivity index is 2.62. The van der Waals surface area contributed by atoms with Gasteiger partial charge in [-0.05, 0) is 19.4 Å². The van der Waals surface area contributed by atoms with Crippen molar-refractivity contribution < 1.29 is 19.2 Å². The van der Waals surface area contributed by atoms with E-state index in [9.17, 15) is 19.7 Å². The molecule has 1 aromatic rings. The second-order valence-electron chi connectivity index (χ2n) is 4.14. The third-order valence-corrected chi connectivity index (χ3v) is 2.82. The average Bonchev–Trinajstić information content (AvgIpc) is 2.42. The number of amides is 1. The molecule has 7 nitrogen and oxygen atoms in total. The van der Waals surface area contributed by atoms with Crippen molar-refractivity contribution in [3.8, 4) is 0 Å². The van der Waals surface area contributed by atoms with Crippen molar-refractivity contribution >= 4 is 17.6 Å². The first kappa shape index (κ1) is 15.6. The molecule has 0 fully saturated rings. The van der Waals surface area contributed by atoms with Crippen LogP contribution in [0.5, 0.6) is 0 Å². The zero-order valence-corrected chi connectivity index (χ0v) is 11.3. The molecule has 0 aliphatic heterocycles. The fraction of sp³-hybridized carbons (Fsp3) is 0.385. The molecule has 1 rings (SSSR count). The molecule has 108 valence electrons. The minimum absolute atomic E-state index is 0.0905. The molecule has 0 saturated carbocycles. The van der Waals surface area contributed by atoms with Crippen LogP contribution in [0.1, 0.15) is 28.8 Å². The second-order valence-corrected chi connectivity index (χ2v) is 4.14. The Labute approximate surface area is 116 Å². The summed E-state index contributed by atoms with van der Waals surface area (Å²) in [5, 5.41) is 13.4. The molecular formula is C13H16N2O5. The van der Waals surface area contributed by atoms with Gasteiger partial charge in [-0.15, -0.1) is 0 Å². The van der Waals surface area contributed by atoms with Crippen molar-refractivity contribution in [3.63, 3.8) is 0 Å². The van der Waals surface area contributed by atoms with Crippen molar-refractivity contribution in [1.29, 1.82) is 0 Å². The lowest BCUT2D eigenvalue weighted by molar-refractivity contribution is -0.385. The average molecular weight is 280 g/mol. The summed E-state index contributed by atoms with van der Waals surface area (Å²) in [6, 6.07) is 4.34. The van der Waals surface area contributed by atoms with E-state index in [2.05, 4.69) is 10.1 Å². The largest absolute Gasteiger partial charge is 0.469 e. The third-order valence-electron chi connectivity index (χ3n) is 2.82. The van der Waals surface area contributed by atoms with Gasteiger partial charge in [0.15, 0.2) is 0 Å². The van der Waals surface area contributed by atoms with Gasteiger partial charge in [-0.1, -0.05) is 6.07 Å². The highest BCUT2D eigenvalue weighted by Crippen LogP contribution is 2.20. The predicted octanol–water partition coefficient (Wildman–Crippen LogP) is 1.59. The van der Waals surface area contributed by atoms with Crippen LogP contribution in [0.4, 0.5) is 5.69 Å². The van der Waals surface area contributed by atoms with Crippen molar-refractivity contribution in [3.05, 3.63) is 39.4 Å². The van der Waals surface area contributed by atoms with Gasteiger partial charge in [0.2, 0.25) is 0 Å². The van der Waals surface area contributed by atoms with E-state index in [1.165, 1.54) is 32.2 Å². The Morgan fingerprint density at radius 1 is 1.40 bits per heavy atom. The molecule has 0 saturated heterocycles. The van der Waals surface area contributed by atoms with Gasteiger partial charge in [0.25, 0.3) is 11.6 Å². The summed E-state index contributed by atoms with van der Waals surface area (Å²) in [4.78, 5) is 33.1. The van der Waals surface area contributed by atoms with E-state index in [1.54, 1.807) is 0 Å². The van der Waals surface area contributed by atoms with E-state index in [0.29, 0.717) is 18.5 Å². The number of benzene rings is 1. The Morgan fingerprint density at radius 3 is 2.70 bits per heavy atom. The monoisotopic (exact) mass is 280 g/mol. The van der Waals surface area contributed by atoms with Crippen LogP contribution in [0.25, 0.3) is 0 Å². The van der Waals surface area contributed by atoms with Crippen molar-refractivity contribution in [2.45, 2.75) is 19.8 Å². The molecular weight excluding hydrogens is 264 g/mol. The molecule has 20 heavy (non-hydrogen) atoms. The highest BCUT2D eigenvalue weighted by Gasteiger charge is 2.17. The van der Waals surface area contributed by atoms with Crippen LogP contribution in [-0.4, -0.2) is 30.5 Å². The maximum absolute atomic E-state index is 11.9. The summed E-state index contributed by atoms with van der Waals surface area (Å²) >= 11 is 0. The number of methoxy groups -OCH3 is 1. The van der Waals surface area contributed by atoms with Crippen molar-refractivity contribution in [2.24, 2.45) is 0 Å². The maximum Gasteiger partial charge on any atom is 0.305 e. The lowest BCUT2D eigenvalue weighted by atomic mass is 10.1. The third kappa shape index (κ3) is 4.04. The van der Waals surface area contributed by atoms with E-state index in [-0.39, 0.29) is 23.6 Å². The summed E-state index contributed by atoms with van der Waals surface area (Å²) in [6.07, 6.45) is 0.664. The molecule has 0 spiro atoms. The summed E-state index contributed by atoms with van der Waals surface area (Å²) in [7, 11) is 1.30. The SMILES string of the molecule is COC(=O)CCCNC(=O)c1cccc([N+](=O)[O-])c1C. The predicted molar refractivity (Wildman–Crippen MR) is 71.4 cm³/mol. The molecule has 0 radical (unpaired) electrons. The number of rotatable bonds is 6. The number of carbonyl (C=O) groups excluding carboxylic acids is 2. The number of ether oxygens (including phenoxy) is 1. The molecule has 0 aliphatic rings. The van der Waals surface area contributed by atoms with Crippen LogP contribution in [0, 0.1) is 17.0 Å². The van der Waals surface area contributed by atoms with Gasteiger partial charge in [0.1, 0.15) is 0 Å². The van der Waals surface area contributed by atoms with Gasteiger partial charge in [-0.2, -0.15) is 0 Å². The molecule has 1 aromatic carbocycles. The van der Waals surface area contributed by atoms with Gasteiger partial charge in [-0.3, -0.25) is 19.7 Å². The number of nitro benzene ring substituents is 1. The van der Waals surface area contributed by atoms with Crippen LogP contribution in [-0.2, 0) is 9.53 Å². The highest BCUT2D eigenvalue weighted by molar-refractivity contribution is 5.96. The first-order valence-corrected chi connectivity index (χ1v) is 6.06. The van der Waals surface area contributed by atoms with Gasteiger partial charge >= 0.3 is 5.97 Å². The van der Waals surface area contributed by atoms with E-state index < -0.39 is 10.8 Å². The summed E-state index contributed by atoms with van der Waals surface area (Å²) < 4.78 is 4.48. The number of nitrogens with zero attached hydrogens (tertiary/aromatic N) is 1. The summed E-state index contributed by atoms with van der Waals surface area (Å²) in [5.74, 6) is -0.734. The van der Waals surface area contributed by atoms with Crippen molar-refractivity contribution in [2.75, 3.05) is 13.7 Å². The van der Waals surface area contributed by atoms with E-state index in [4.69, 9.17) is 0 Å². The Bertz CT molecular complexity index is 527. The molecule has 7 heteroatoms. The quantitative estimate of drug-likeness (QED) is 0.369. The standard InChI is InChI=1S/C13H16N2O5/c1-9-10(5-3-6-11(9)15(18)19)13(17)14-8-4-7-12(16)20-2/h3,5-6H,4,7-8H2,1-2H3,(H,14,17). The fourth-order valence-corrected chi connectivity index (χ4v) is 1.70. The fourth-order valence-electron chi connectivity index (χ4n) is 1.70. The van der Waals surface area contributed by atoms with Gasteiger partial charge in [-0.25, -0.2) is 0 Å². The lowest BCUT2D eigenvalue weighted by Gasteiger charge is -2.07. The molecule has 0 bridgehead atoms. The first-order valence-electron chi connectivity index (χ1n) is 6.06. The summed E-state index contributed by atoms with van der Waals surface area (Å²) in [6.45, 7) is 1.83. The second kappa shape index (κ2) is 7.22. The Hall–Kier alpha value is -2.44. The number of nitrogens with one attached hydrogen (secondary N) is 1. The normalized spacial score (nSPS) is 9.90. The smallest absolute Gasteiger partial charge is 0.305 e. The number of nitro groups is 1. The zero-order chi connectivity index (χ0) is 15.1. The molecule has 0 aromatic heterocycles. The molecule has 0 aliphatic carbocycles. The van der Waals surface area contributed by atoms with Gasteiger partial charge in [0, 0.05) is 30.2 Å². The van der Waals surface area contributed by atoms with Gasteiger partial charge in [0.05, 0.1) is 12.0 Å². The summed E-state index contributed by atoms with van der Waals surface area (Å²) in [5.41, 5.74) is 0.493. The molecule has 0 heterocycles. The number of hydrogen-bond acceptors (Lipinski definition) is 5. The number of esters is 1. The van der Waals surface area contributed by atoms with Crippen LogP contribution < -0.4 is 5.32 Å². The maximum atomic E-state index is 11.9. The minimum atomic E-state index is -0.524. The highest BCUT2D eigenvalue weighted by atomic mass is 16.6. The van der Waals surface area contributed by atoms with Crippen LogP contribution >= 0.6 is 0 Å². The number of carbonyl (C=O) groups is 2.